The second-order valence-electron chi connectivity index (χ2n) is 9.87. The van der Waals surface area contributed by atoms with Crippen LogP contribution >= 0.6 is 22.9 Å². The van der Waals surface area contributed by atoms with Gasteiger partial charge in [0.2, 0.25) is 5.91 Å². The van der Waals surface area contributed by atoms with Crippen LogP contribution in [0.15, 0.2) is 24.3 Å². The highest BCUT2D eigenvalue weighted by atomic mass is 35.5. The lowest BCUT2D eigenvalue weighted by atomic mass is 9.49. The Hall–Kier alpha value is -2.38. The van der Waals surface area contributed by atoms with Crippen LogP contribution in [0.1, 0.15) is 64.1 Å². The first-order chi connectivity index (χ1) is 15.8. The standard InChI is InChI=1S/C25H27ClN2O4S/c1-13-19(23(30)32-2)22(33-20(13)21(29)27-18-5-3-4-17(26)9-18)28-24(31)25-10-14-6-15(11-25)8-16(7-14)12-25/h3-5,9,14-16H,6-8,10-12H2,1-2H3,(H,27,29)(H,28,31). The van der Waals surface area contributed by atoms with Crippen LogP contribution < -0.4 is 10.6 Å². The van der Waals surface area contributed by atoms with Crippen molar-refractivity contribution in [3.8, 4) is 0 Å². The van der Waals surface area contributed by atoms with Crippen molar-refractivity contribution in [3.63, 3.8) is 0 Å². The fourth-order valence-electron chi connectivity index (χ4n) is 6.54. The molecule has 0 radical (unpaired) electrons. The SMILES string of the molecule is COC(=O)c1c(NC(=O)C23CC4CC(CC(C4)C2)C3)sc(C(=O)Nc2cccc(Cl)c2)c1C. The van der Waals surface area contributed by atoms with E-state index in [4.69, 9.17) is 16.3 Å². The van der Waals surface area contributed by atoms with Crippen LogP contribution in [0.2, 0.25) is 5.02 Å². The van der Waals surface area contributed by atoms with Crippen molar-refractivity contribution in [2.45, 2.75) is 45.4 Å². The summed E-state index contributed by atoms with van der Waals surface area (Å²) in [5.74, 6) is 0.949. The molecule has 4 fully saturated rings. The predicted molar refractivity (Wildman–Crippen MR) is 129 cm³/mol. The Labute approximate surface area is 202 Å². The number of halogens is 1. The number of hydrogen-bond acceptors (Lipinski definition) is 5. The van der Waals surface area contributed by atoms with Gasteiger partial charge < -0.3 is 15.4 Å². The molecule has 6 nitrogen and oxygen atoms in total. The van der Waals surface area contributed by atoms with E-state index in [-0.39, 0.29) is 22.8 Å². The van der Waals surface area contributed by atoms with E-state index in [0.29, 0.717) is 43.9 Å². The van der Waals surface area contributed by atoms with Crippen molar-refractivity contribution in [3.05, 3.63) is 45.3 Å². The number of nitrogens with one attached hydrogen (secondary N) is 2. The highest BCUT2D eigenvalue weighted by Crippen LogP contribution is 2.60. The summed E-state index contributed by atoms with van der Waals surface area (Å²) in [7, 11) is 1.30. The molecule has 4 aliphatic carbocycles. The summed E-state index contributed by atoms with van der Waals surface area (Å²) < 4.78 is 4.98. The molecule has 33 heavy (non-hydrogen) atoms. The lowest BCUT2D eigenvalue weighted by molar-refractivity contribution is -0.140. The quantitative estimate of drug-likeness (QED) is 0.515. The van der Waals surface area contributed by atoms with Crippen LogP contribution in [-0.2, 0) is 9.53 Å². The van der Waals surface area contributed by atoms with Gasteiger partial charge in [-0.25, -0.2) is 4.79 Å². The molecule has 0 saturated heterocycles. The third-order valence-corrected chi connectivity index (χ3v) is 9.01. The number of rotatable bonds is 5. The Balaban J connectivity index is 1.43. The molecule has 1 aromatic carbocycles. The normalized spacial score (nSPS) is 27.3. The Bertz CT molecular complexity index is 1110. The van der Waals surface area contributed by atoms with E-state index in [0.717, 1.165) is 30.6 Å². The molecule has 2 amide bonds. The molecule has 1 heterocycles. The minimum Gasteiger partial charge on any atom is -0.465 e. The lowest BCUT2D eigenvalue weighted by Gasteiger charge is -2.55. The van der Waals surface area contributed by atoms with Gasteiger partial charge in [-0.15, -0.1) is 11.3 Å². The van der Waals surface area contributed by atoms with E-state index in [1.54, 1.807) is 31.2 Å². The predicted octanol–water partition coefficient (Wildman–Crippen LogP) is 5.90. The van der Waals surface area contributed by atoms with E-state index < -0.39 is 5.97 Å². The molecule has 2 aromatic rings. The Morgan fingerprint density at radius 1 is 1.06 bits per heavy atom. The number of carbonyl (C=O) groups excluding carboxylic acids is 3. The molecule has 8 heteroatoms. The van der Waals surface area contributed by atoms with Gasteiger partial charge >= 0.3 is 5.97 Å². The van der Waals surface area contributed by atoms with E-state index in [2.05, 4.69) is 10.6 Å². The fourth-order valence-corrected chi connectivity index (χ4v) is 7.82. The average molecular weight is 487 g/mol. The lowest BCUT2D eigenvalue weighted by Crippen LogP contribution is -2.51. The molecule has 6 rings (SSSR count). The molecule has 1 aromatic heterocycles. The summed E-state index contributed by atoms with van der Waals surface area (Å²) >= 11 is 7.14. The van der Waals surface area contributed by atoms with Gasteiger partial charge in [0.1, 0.15) is 5.00 Å². The summed E-state index contributed by atoms with van der Waals surface area (Å²) in [5, 5.41) is 6.77. The van der Waals surface area contributed by atoms with Gasteiger partial charge in [0.15, 0.2) is 0 Å². The van der Waals surface area contributed by atoms with Crippen LogP contribution in [0.4, 0.5) is 10.7 Å². The Morgan fingerprint density at radius 2 is 1.70 bits per heavy atom. The number of hydrogen-bond donors (Lipinski definition) is 2. The number of benzene rings is 1. The number of thiophene rings is 1. The fraction of sp³-hybridized carbons (Fsp3) is 0.480. The molecule has 0 aliphatic heterocycles. The Morgan fingerprint density at radius 3 is 2.27 bits per heavy atom. The number of carbonyl (C=O) groups is 3. The summed E-state index contributed by atoms with van der Waals surface area (Å²) in [6.07, 6.45) is 6.49. The Kier molecular flexibility index (Phi) is 5.73. The van der Waals surface area contributed by atoms with Crippen molar-refractivity contribution in [1.29, 1.82) is 0 Å². The molecule has 0 atom stereocenters. The van der Waals surface area contributed by atoms with Crippen molar-refractivity contribution in [1.82, 2.24) is 0 Å². The highest BCUT2D eigenvalue weighted by Gasteiger charge is 2.54. The number of amides is 2. The van der Waals surface area contributed by atoms with Crippen LogP contribution in [0.25, 0.3) is 0 Å². The van der Waals surface area contributed by atoms with Gasteiger partial charge in [0.25, 0.3) is 5.91 Å². The van der Waals surface area contributed by atoms with E-state index in [9.17, 15) is 14.4 Å². The molecule has 174 valence electrons. The third-order valence-electron chi connectivity index (χ3n) is 7.57. The first-order valence-corrected chi connectivity index (χ1v) is 12.6. The number of esters is 1. The van der Waals surface area contributed by atoms with Gasteiger partial charge in [0, 0.05) is 10.7 Å². The molecule has 0 spiro atoms. The minimum absolute atomic E-state index is 0.0187. The zero-order valence-corrected chi connectivity index (χ0v) is 20.3. The smallest absolute Gasteiger partial charge is 0.341 e. The average Bonchev–Trinajstić information content (AvgIpc) is 3.08. The summed E-state index contributed by atoms with van der Waals surface area (Å²) in [6, 6.07) is 6.86. The number of anilines is 2. The second-order valence-corrected chi connectivity index (χ2v) is 11.3. The topological polar surface area (TPSA) is 84.5 Å². The first kappa shape index (κ1) is 22.4. The zero-order chi connectivity index (χ0) is 23.3. The molecule has 2 N–H and O–H groups in total. The summed E-state index contributed by atoms with van der Waals surface area (Å²) in [5.41, 5.74) is 0.937. The maximum absolute atomic E-state index is 13.6. The van der Waals surface area contributed by atoms with Gasteiger partial charge in [-0.3, -0.25) is 9.59 Å². The monoisotopic (exact) mass is 486 g/mol. The van der Waals surface area contributed by atoms with Crippen LogP contribution in [0, 0.1) is 30.1 Å². The van der Waals surface area contributed by atoms with Crippen molar-refractivity contribution < 1.29 is 19.1 Å². The van der Waals surface area contributed by atoms with Crippen LogP contribution in [0.5, 0.6) is 0 Å². The molecular weight excluding hydrogens is 460 g/mol. The van der Waals surface area contributed by atoms with Crippen molar-refractivity contribution >= 4 is 51.4 Å². The molecule has 4 aliphatic rings. The molecular formula is C25H27ClN2O4S. The molecule has 4 saturated carbocycles. The minimum atomic E-state index is -0.564. The van der Waals surface area contributed by atoms with Crippen LogP contribution in [0.3, 0.4) is 0 Å². The van der Waals surface area contributed by atoms with E-state index in [1.165, 1.54) is 26.4 Å². The van der Waals surface area contributed by atoms with Crippen molar-refractivity contribution in [2.24, 2.45) is 23.2 Å². The maximum atomic E-state index is 13.6. The van der Waals surface area contributed by atoms with Gasteiger partial charge in [0.05, 0.1) is 23.0 Å². The number of methoxy groups -OCH3 is 1. The van der Waals surface area contributed by atoms with E-state index in [1.807, 2.05) is 0 Å². The summed E-state index contributed by atoms with van der Waals surface area (Å²) in [6.45, 7) is 1.70. The largest absolute Gasteiger partial charge is 0.465 e. The number of ether oxygens (including phenoxy) is 1. The van der Waals surface area contributed by atoms with Crippen LogP contribution in [-0.4, -0.2) is 24.9 Å². The third kappa shape index (κ3) is 4.06. The van der Waals surface area contributed by atoms with Gasteiger partial charge in [-0.05, 0) is 87.0 Å². The van der Waals surface area contributed by atoms with E-state index >= 15 is 0 Å². The summed E-state index contributed by atoms with van der Waals surface area (Å²) in [4.78, 5) is 39.6. The van der Waals surface area contributed by atoms with Gasteiger partial charge in [-0.2, -0.15) is 0 Å². The maximum Gasteiger partial charge on any atom is 0.341 e. The van der Waals surface area contributed by atoms with Crippen molar-refractivity contribution in [2.75, 3.05) is 17.7 Å². The van der Waals surface area contributed by atoms with Gasteiger partial charge in [-0.1, -0.05) is 17.7 Å². The zero-order valence-electron chi connectivity index (χ0n) is 18.7. The second kappa shape index (κ2) is 8.44. The molecule has 4 bridgehead atoms. The first-order valence-electron chi connectivity index (χ1n) is 11.4. The molecule has 0 unspecified atom stereocenters. The highest BCUT2D eigenvalue weighted by molar-refractivity contribution is 7.19.